The van der Waals surface area contributed by atoms with E-state index in [0.29, 0.717) is 12.2 Å². The zero-order valence-corrected chi connectivity index (χ0v) is 12.0. The Balaban J connectivity index is 1.72. The summed E-state index contributed by atoms with van der Waals surface area (Å²) in [6, 6.07) is 7.45. The molecule has 0 amide bonds. The fraction of sp³-hybridized carbons (Fsp3) is 0.231. The molecule has 5 nitrogen and oxygen atoms in total. The summed E-state index contributed by atoms with van der Waals surface area (Å²) >= 11 is 3.34. The Morgan fingerprint density at radius 3 is 2.68 bits per heavy atom. The van der Waals surface area contributed by atoms with Crippen LogP contribution in [-0.4, -0.2) is 29.0 Å². The predicted octanol–water partition coefficient (Wildman–Crippen LogP) is 2.42. The lowest BCUT2D eigenvalue weighted by Gasteiger charge is -2.06. The third kappa shape index (κ3) is 4.10. The standard InChI is InChI=1S/C13H13BrN2O3/c1-16-9-10(8-15-16)13(17)19-7-6-18-12-4-2-11(14)3-5-12/h2-5,8-9H,6-7H2,1H3. The highest BCUT2D eigenvalue weighted by Crippen LogP contribution is 2.15. The highest BCUT2D eigenvalue weighted by Gasteiger charge is 2.08. The van der Waals surface area contributed by atoms with E-state index in [4.69, 9.17) is 9.47 Å². The first-order valence-corrected chi connectivity index (χ1v) is 6.48. The highest BCUT2D eigenvalue weighted by molar-refractivity contribution is 9.10. The van der Waals surface area contributed by atoms with E-state index in [2.05, 4.69) is 21.0 Å². The van der Waals surface area contributed by atoms with E-state index >= 15 is 0 Å². The number of rotatable bonds is 5. The van der Waals surface area contributed by atoms with Gasteiger partial charge in [0.15, 0.2) is 0 Å². The summed E-state index contributed by atoms with van der Waals surface area (Å²) in [5.41, 5.74) is 0.436. The predicted molar refractivity (Wildman–Crippen MR) is 73.1 cm³/mol. The van der Waals surface area contributed by atoms with E-state index in [1.165, 1.54) is 6.20 Å². The van der Waals surface area contributed by atoms with Gasteiger partial charge in [0.1, 0.15) is 19.0 Å². The van der Waals surface area contributed by atoms with Gasteiger partial charge in [0.2, 0.25) is 0 Å². The summed E-state index contributed by atoms with van der Waals surface area (Å²) in [5.74, 6) is 0.341. The number of nitrogens with zero attached hydrogens (tertiary/aromatic N) is 2. The molecule has 0 fully saturated rings. The third-order valence-corrected chi connectivity index (χ3v) is 2.87. The average molecular weight is 325 g/mol. The number of carbonyl (C=O) groups excluding carboxylic acids is 1. The number of esters is 1. The summed E-state index contributed by atoms with van der Waals surface area (Å²) in [5, 5.41) is 3.90. The molecule has 6 heteroatoms. The number of carbonyl (C=O) groups is 1. The quantitative estimate of drug-likeness (QED) is 0.626. The molecule has 0 aliphatic carbocycles. The molecule has 0 N–H and O–H groups in total. The number of hydrogen-bond acceptors (Lipinski definition) is 4. The molecule has 1 heterocycles. The summed E-state index contributed by atoms with van der Waals surface area (Å²) in [6.07, 6.45) is 3.08. The summed E-state index contributed by atoms with van der Waals surface area (Å²) in [6.45, 7) is 0.511. The first-order valence-electron chi connectivity index (χ1n) is 5.69. The molecule has 0 bridgehead atoms. The van der Waals surface area contributed by atoms with E-state index in [1.54, 1.807) is 17.9 Å². The van der Waals surface area contributed by atoms with Crippen LogP contribution >= 0.6 is 15.9 Å². The van der Waals surface area contributed by atoms with Crippen LogP contribution in [0.4, 0.5) is 0 Å². The molecule has 2 rings (SSSR count). The lowest BCUT2D eigenvalue weighted by atomic mass is 10.3. The minimum absolute atomic E-state index is 0.198. The van der Waals surface area contributed by atoms with Crippen molar-refractivity contribution in [2.45, 2.75) is 0 Å². The minimum atomic E-state index is -0.396. The van der Waals surface area contributed by atoms with Crippen LogP contribution in [-0.2, 0) is 11.8 Å². The van der Waals surface area contributed by atoms with Gasteiger partial charge in [-0.25, -0.2) is 4.79 Å². The van der Waals surface area contributed by atoms with Crippen molar-refractivity contribution in [2.75, 3.05) is 13.2 Å². The Kier molecular flexibility index (Phi) is 4.57. The summed E-state index contributed by atoms with van der Waals surface area (Å²) in [7, 11) is 1.74. The molecule has 100 valence electrons. The molecule has 0 saturated heterocycles. The van der Waals surface area contributed by atoms with Crippen molar-refractivity contribution in [3.05, 3.63) is 46.7 Å². The Bertz CT molecular complexity index is 551. The fourth-order valence-corrected chi connectivity index (χ4v) is 1.70. The lowest BCUT2D eigenvalue weighted by molar-refractivity contribution is 0.0450. The van der Waals surface area contributed by atoms with E-state index in [9.17, 15) is 4.79 Å². The monoisotopic (exact) mass is 324 g/mol. The third-order valence-electron chi connectivity index (χ3n) is 2.34. The molecule has 0 aliphatic rings. The van der Waals surface area contributed by atoms with Crippen molar-refractivity contribution >= 4 is 21.9 Å². The van der Waals surface area contributed by atoms with Crippen LogP contribution in [0.2, 0.25) is 0 Å². The van der Waals surface area contributed by atoms with Gasteiger partial charge >= 0.3 is 5.97 Å². The van der Waals surface area contributed by atoms with Gasteiger partial charge in [-0.15, -0.1) is 0 Å². The summed E-state index contributed by atoms with van der Waals surface area (Å²) < 4.78 is 13.0. The van der Waals surface area contributed by atoms with E-state index < -0.39 is 5.97 Å². The molecule has 0 aliphatic heterocycles. The topological polar surface area (TPSA) is 53.4 Å². The van der Waals surface area contributed by atoms with Gasteiger partial charge in [-0.05, 0) is 24.3 Å². The molecule has 1 aromatic heterocycles. The van der Waals surface area contributed by atoms with E-state index in [0.717, 1.165) is 10.2 Å². The number of halogens is 1. The van der Waals surface area contributed by atoms with Gasteiger partial charge in [0, 0.05) is 17.7 Å². The van der Waals surface area contributed by atoms with Crippen molar-refractivity contribution in [2.24, 2.45) is 7.05 Å². The molecule has 2 aromatic rings. The van der Waals surface area contributed by atoms with Crippen LogP contribution < -0.4 is 4.74 Å². The maximum atomic E-state index is 11.6. The van der Waals surface area contributed by atoms with Crippen molar-refractivity contribution in [3.8, 4) is 5.75 Å². The second-order valence-electron chi connectivity index (χ2n) is 3.84. The van der Waals surface area contributed by atoms with Crippen molar-refractivity contribution in [1.29, 1.82) is 0 Å². The first-order chi connectivity index (χ1) is 9.15. The Morgan fingerprint density at radius 2 is 2.05 bits per heavy atom. The van der Waals surface area contributed by atoms with Crippen LogP contribution in [0.15, 0.2) is 41.1 Å². The van der Waals surface area contributed by atoms with Gasteiger partial charge in [-0.2, -0.15) is 5.10 Å². The SMILES string of the molecule is Cn1cc(C(=O)OCCOc2ccc(Br)cc2)cn1. The normalized spacial score (nSPS) is 10.2. The number of aromatic nitrogens is 2. The second-order valence-corrected chi connectivity index (χ2v) is 4.76. The molecule has 0 spiro atoms. The number of aryl methyl sites for hydroxylation is 1. The van der Waals surface area contributed by atoms with Crippen molar-refractivity contribution in [3.63, 3.8) is 0 Å². The maximum absolute atomic E-state index is 11.6. The smallest absolute Gasteiger partial charge is 0.341 e. The van der Waals surface area contributed by atoms with E-state index in [1.807, 2.05) is 24.3 Å². The minimum Gasteiger partial charge on any atom is -0.490 e. The van der Waals surface area contributed by atoms with Crippen LogP contribution in [0.25, 0.3) is 0 Å². The van der Waals surface area contributed by atoms with Gasteiger partial charge < -0.3 is 9.47 Å². The van der Waals surface area contributed by atoms with E-state index in [-0.39, 0.29) is 6.61 Å². The molecular formula is C13H13BrN2O3. The number of ether oxygens (including phenoxy) is 2. The van der Waals surface area contributed by atoms with Gasteiger partial charge in [-0.1, -0.05) is 15.9 Å². The Morgan fingerprint density at radius 1 is 1.32 bits per heavy atom. The largest absolute Gasteiger partial charge is 0.490 e. The van der Waals surface area contributed by atoms with Crippen LogP contribution in [0.3, 0.4) is 0 Å². The Labute approximate surface area is 119 Å². The molecular weight excluding hydrogens is 312 g/mol. The molecule has 0 radical (unpaired) electrons. The second kappa shape index (κ2) is 6.38. The molecule has 0 saturated carbocycles. The number of benzene rings is 1. The molecule has 0 atom stereocenters. The van der Waals surface area contributed by atoms with Gasteiger partial charge in [0.25, 0.3) is 0 Å². The molecule has 0 unspecified atom stereocenters. The maximum Gasteiger partial charge on any atom is 0.341 e. The first kappa shape index (κ1) is 13.6. The summed E-state index contributed by atoms with van der Waals surface area (Å²) in [4.78, 5) is 11.6. The fourth-order valence-electron chi connectivity index (χ4n) is 1.43. The lowest BCUT2D eigenvalue weighted by Crippen LogP contribution is -2.11. The average Bonchev–Trinajstić information content (AvgIpc) is 2.83. The zero-order chi connectivity index (χ0) is 13.7. The van der Waals surface area contributed by atoms with Crippen molar-refractivity contribution in [1.82, 2.24) is 9.78 Å². The molecule has 19 heavy (non-hydrogen) atoms. The van der Waals surface area contributed by atoms with Crippen molar-refractivity contribution < 1.29 is 14.3 Å². The van der Waals surface area contributed by atoms with Gasteiger partial charge in [-0.3, -0.25) is 4.68 Å². The van der Waals surface area contributed by atoms with Gasteiger partial charge in [0.05, 0.1) is 11.8 Å². The Hall–Kier alpha value is -1.82. The zero-order valence-electron chi connectivity index (χ0n) is 10.4. The van der Waals surface area contributed by atoms with Crippen LogP contribution in [0, 0.1) is 0 Å². The number of hydrogen-bond donors (Lipinski definition) is 0. The highest BCUT2D eigenvalue weighted by atomic mass is 79.9. The molecule has 1 aromatic carbocycles. The van der Waals surface area contributed by atoms with Crippen LogP contribution in [0.1, 0.15) is 10.4 Å². The van der Waals surface area contributed by atoms with Crippen LogP contribution in [0.5, 0.6) is 5.75 Å².